The summed E-state index contributed by atoms with van der Waals surface area (Å²) in [6.07, 6.45) is 1.70. The standard InChI is InChI=1S/C16H26N6OS.HI/c1-6-13-12(14(7-2)23-21-13)9-19-15(17-3)18-8-11-10-24-16(20-11)22(4)5;/h10H,6-9H2,1-5H3,(H2,17,18,19);1H. The number of aromatic nitrogens is 2. The third-order valence-corrected chi connectivity index (χ3v) is 4.68. The Labute approximate surface area is 170 Å². The molecule has 0 aliphatic rings. The van der Waals surface area contributed by atoms with E-state index in [1.807, 2.05) is 19.0 Å². The van der Waals surface area contributed by atoms with Crippen LogP contribution in [0.3, 0.4) is 0 Å². The molecular formula is C16H27IN6OS. The van der Waals surface area contributed by atoms with Gasteiger partial charge in [-0.05, 0) is 6.42 Å². The zero-order valence-electron chi connectivity index (χ0n) is 15.4. The summed E-state index contributed by atoms with van der Waals surface area (Å²) in [7, 11) is 5.74. The summed E-state index contributed by atoms with van der Waals surface area (Å²) in [6, 6.07) is 0. The van der Waals surface area contributed by atoms with Crippen molar-refractivity contribution in [3.8, 4) is 0 Å². The van der Waals surface area contributed by atoms with Crippen molar-refractivity contribution in [1.82, 2.24) is 20.8 Å². The molecule has 0 fully saturated rings. The van der Waals surface area contributed by atoms with E-state index in [2.05, 4.69) is 45.0 Å². The molecule has 0 bridgehead atoms. The van der Waals surface area contributed by atoms with Crippen molar-refractivity contribution in [3.63, 3.8) is 0 Å². The molecule has 0 spiro atoms. The van der Waals surface area contributed by atoms with Crippen LogP contribution in [0, 0.1) is 0 Å². The van der Waals surface area contributed by atoms with E-state index < -0.39 is 0 Å². The van der Waals surface area contributed by atoms with Gasteiger partial charge in [0, 0.05) is 45.1 Å². The molecule has 0 atom stereocenters. The minimum atomic E-state index is 0. The summed E-state index contributed by atoms with van der Waals surface area (Å²) in [4.78, 5) is 10.8. The van der Waals surface area contributed by atoms with Crippen LogP contribution in [0.2, 0.25) is 0 Å². The summed E-state index contributed by atoms with van der Waals surface area (Å²) in [5.41, 5.74) is 3.14. The van der Waals surface area contributed by atoms with Crippen LogP contribution in [0.25, 0.3) is 0 Å². The first-order valence-corrected chi connectivity index (χ1v) is 8.99. The quantitative estimate of drug-likeness (QED) is 0.362. The number of thiazole rings is 1. The van der Waals surface area contributed by atoms with Crippen LogP contribution in [-0.4, -0.2) is 37.2 Å². The van der Waals surface area contributed by atoms with Crippen molar-refractivity contribution in [3.05, 3.63) is 28.1 Å². The highest BCUT2D eigenvalue weighted by Gasteiger charge is 2.13. The summed E-state index contributed by atoms with van der Waals surface area (Å²) in [6.45, 7) is 5.43. The molecule has 0 aromatic carbocycles. The number of nitrogens with one attached hydrogen (secondary N) is 2. The Kier molecular flexibility index (Phi) is 9.19. The molecule has 2 aromatic heterocycles. The summed E-state index contributed by atoms with van der Waals surface area (Å²) >= 11 is 1.63. The Morgan fingerprint density at radius 2 is 1.96 bits per heavy atom. The number of aryl methyl sites for hydroxylation is 2. The second kappa shape index (κ2) is 10.6. The molecule has 0 unspecified atom stereocenters. The molecule has 0 radical (unpaired) electrons. The average Bonchev–Trinajstić information content (AvgIpc) is 3.21. The van der Waals surface area contributed by atoms with Crippen molar-refractivity contribution < 1.29 is 4.52 Å². The molecule has 2 rings (SSSR count). The predicted molar refractivity (Wildman–Crippen MR) is 114 cm³/mol. The average molecular weight is 478 g/mol. The molecule has 7 nitrogen and oxygen atoms in total. The Balaban J connectivity index is 0.00000312. The van der Waals surface area contributed by atoms with E-state index in [9.17, 15) is 0 Å². The van der Waals surface area contributed by atoms with Crippen molar-refractivity contribution in [2.24, 2.45) is 4.99 Å². The first-order valence-electron chi connectivity index (χ1n) is 8.11. The summed E-state index contributed by atoms with van der Waals surface area (Å²) < 4.78 is 5.39. The Morgan fingerprint density at radius 3 is 2.52 bits per heavy atom. The maximum absolute atomic E-state index is 5.39. The van der Waals surface area contributed by atoms with Gasteiger partial charge in [-0.2, -0.15) is 0 Å². The van der Waals surface area contributed by atoms with E-state index in [1.54, 1.807) is 18.4 Å². The SMILES string of the molecule is CCc1noc(CC)c1CNC(=NC)NCc1csc(N(C)C)n1.I. The fraction of sp³-hybridized carbons (Fsp3) is 0.562. The van der Waals surface area contributed by atoms with Gasteiger partial charge in [0.05, 0.1) is 17.9 Å². The van der Waals surface area contributed by atoms with Crippen LogP contribution < -0.4 is 15.5 Å². The highest BCUT2D eigenvalue weighted by molar-refractivity contribution is 14.0. The minimum absolute atomic E-state index is 0. The van der Waals surface area contributed by atoms with E-state index in [-0.39, 0.29) is 24.0 Å². The van der Waals surface area contributed by atoms with Crippen molar-refractivity contribution >= 4 is 46.4 Å². The number of halogens is 1. The lowest BCUT2D eigenvalue weighted by Crippen LogP contribution is -2.36. The molecular weight excluding hydrogens is 451 g/mol. The molecule has 2 aromatic rings. The lowest BCUT2D eigenvalue weighted by Gasteiger charge is -2.11. The molecule has 0 aliphatic heterocycles. The second-order valence-electron chi connectivity index (χ2n) is 5.53. The first-order chi connectivity index (χ1) is 11.6. The summed E-state index contributed by atoms with van der Waals surface area (Å²) in [5, 5.41) is 13.8. The third kappa shape index (κ3) is 5.84. The zero-order valence-corrected chi connectivity index (χ0v) is 18.6. The molecule has 2 N–H and O–H groups in total. The van der Waals surface area contributed by atoms with Crippen LogP contribution in [0.15, 0.2) is 14.9 Å². The Hall–Kier alpha value is -1.36. The number of rotatable bonds is 7. The van der Waals surface area contributed by atoms with Crippen LogP contribution in [0.4, 0.5) is 5.13 Å². The molecule has 0 saturated carbocycles. The Bertz CT molecular complexity index is 660. The fourth-order valence-corrected chi connectivity index (χ4v) is 3.05. The molecule has 0 aliphatic carbocycles. The highest BCUT2D eigenvalue weighted by atomic mass is 127. The van der Waals surface area contributed by atoms with Crippen LogP contribution in [0.5, 0.6) is 0 Å². The van der Waals surface area contributed by atoms with Crippen LogP contribution in [-0.2, 0) is 25.9 Å². The molecule has 2 heterocycles. The van der Waals surface area contributed by atoms with Gasteiger partial charge in [-0.25, -0.2) is 4.98 Å². The van der Waals surface area contributed by atoms with Crippen molar-refractivity contribution in [2.75, 3.05) is 26.0 Å². The molecule has 25 heavy (non-hydrogen) atoms. The van der Waals surface area contributed by atoms with Gasteiger partial charge in [-0.3, -0.25) is 4.99 Å². The Morgan fingerprint density at radius 1 is 1.24 bits per heavy atom. The number of nitrogens with zero attached hydrogens (tertiary/aromatic N) is 4. The number of hydrogen-bond acceptors (Lipinski definition) is 6. The van der Waals surface area contributed by atoms with Gasteiger partial charge >= 0.3 is 0 Å². The minimum Gasteiger partial charge on any atom is -0.361 e. The number of hydrogen-bond donors (Lipinski definition) is 2. The van der Waals surface area contributed by atoms with Crippen LogP contribution >= 0.6 is 35.3 Å². The largest absolute Gasteiger partial charge is 0.361 e. The van der Waals surface area contributed by atoms with Gasteiger partial charge in [0.25, 0.3) is 0 Å². The van der Waals surface area contributed by atoms with Gasteiger partial charge in [0.2, 0.25) is 0 Å². The van der Waals surface area contributed by atoms with Gasteiger partial charge in [-0.15, -0.1) is 35.3 Å². The van der Waals surface area contributed by atoms with Gasteiger partial charge < -0.3 is 20.1 Å². The smallest absolute Gasteiger partial charge is 0.191 e. The second-order valence-corrected chi connectivity index (χ2v) is 6.37. The number of aliphatic imine (C=N–C) groups is 1. The van der Waals surface area contributed by atoms with Gasteiger partial charge in [-0.1, -0.05) is 19.0 Å². The highest BCUT2D eigenvalue weighted by Crippen LogP contribution is 2.18. The van der Waals surface area contributed by atoms with E-state index in [4.69, 9.17) is 4.52 Å². The fourth-order valence-electron chi connectivity index (χ4n) is 2.29. The van der Waals surface area contributed by atoms with E-state index >= 15 is 0 Å². The maximum atomic E-state index is 5.39. The normalized spacial score (nSPS) is 11.2. The topological polar surface area (TPSA) is 78.6 Å². The third-order valence-electron chi connectivity index (χ3n) is 3.62. The molecule has 140 valence electrons. The van der Waals surface area contributed by atoms with E-state index in [0.29, 0.717) is 13.1 Å². The lowest BCUT2D eigenvalue weighted by molar-refractivity contribution is 0.380. The molecule has 9 heteroatoms. The molecule has 0 amide bonds. The summed E-state index contributed by atoms with van der Waals surface area (Å²) in [5.74, 6) is 1.67. The van der Waals surface area contributed by atoms with Crippen molar-refractivity contribution in [1.29, 1.82) is 0 Å². The van der Waals surface area contributed by atoms with Gasteiger partial charge in [0.1, 0.15) is 5.76 Å². The first kappa shape index (κ1) is 21.7. The van der Waals surface area contributed by atoms with Crippen molar-refractivity contribution in [2.45, 2.75) is 39.8 Å². The lowest BCUT2D eigenvalue weighted by atomic mass is 10.1. The number of guanidine groups is 1. The van der Waals surface area contributed by atoms with Gasteiger partial charge in [0.15, 0.2) is 11.1 Å². The van der Waals surface area contributed by atoms with E-state index in [0.717, 1.165) is 46.6 Å². The predicted octanol–water partition coefficient (Wildman–Crippen LogP) is 2.81. The monoisotopic (exact) mass is 478 g/mol. The number of anilines is 1. The maximum Gasteiger partial charge on any atom is 0.191 e. The zero-order chi connectivity index (χ0) is 17.5. The molecule has 0 saturated heterocycles. The van der Waals surface area contributed by atoms with E-state index in [1.165, 1.54) is 0 Å². The van der Waals surface area contributed by atoms with Crippen LogP contribution in [0.1, 0.15) is 36.6 Å².